The topological polar surface area (TPSA) is 47.3 Å². The molecule has 0 saturated carbocycles. The fourth-order valence-corrected chi connectivity index (χ4v) is 4.04. The molecule has 22 heavy (non-hydrogen) atoms. The lowest BCUT2D eigenvalue weighted by atomic mass is 9.97. The van der Waals surface area contributed by atoms with E-state index in [9.17, 15) is 10.4 Å². The van der Waals surface area contributed by atoms with Crippen molar-refractivity contribution in [3.05, 3.63) is 53.6 Å². The third kappa shape index (κ3) is 1.84. The maximum Gasteiger partial charge on any atom is 0.0998 e. The summed E-state index contributed by atoms with van der Waals surface area (Å²) < 4.78 is 0. The van der Waals surface area contributed by atoms with Crippen LogP contribution in [0.2, 0.25) is 0 Å². The molecule has 1 N–H and O–H groups in total. The number of aliphatic hydroxyl groups is 1. The molecule has 0 spiro atoms. The van der Waals surface area contributed by atoms with E-state index in [2.05, 4.69) is 29.2 Å². The van der Waals surface area contributed by atoms with Crippen molar-refractivity contribution in [2.45, 2.75) is 31.3 Å². The second kappa shape index (κ2) is 5.15. The summed E-state index contributed by atoms with van der Waals surface area (Å²) in [6.07, 6.45) is 5.48. The predicted octanol–water partition coefficient (Wildman–Crippen LogP) is 3.37. The first-order valence-corrected chi connectivity index (χ1v) is 7.83. The molecule has 1 fully saturated rings. The molecule has 3 nitrogen and oxygen atoms in total. The van der Waals surface area contributed by atoms with Gasteiger partial charge in [0.1, 0.15) is 0 Å². The molecule has 110 valence electrons. The summed E-state index contributed by atoms with van der Waals surface area (Å²) >= 11 is 0. The third-order valence-corrected chi connectivity index (χ3v) is 5.06. The van der Waals surface area contributed by atoms with Crippen molar-refractivity contribution >= 4 is 16.5 Å². The fourth-order valence-electron chi connectivity index (χ4n) is 4.04. The van der Waals surface area contributed by atoms with E-state index in [4.69, 9.17) is 0 Å². The second-order valence-corrected chi connectivity index (χ2v) is 6.12. The fraction of sp³-hybridized carbons (Fsp3) is 0.316. The minimum atomic E-state index is 0.141. The average Bonchev–Trinajstić information content (AvgIpc) is 2.87. The Morgan fingerprint density at radius 2 is 1.95 bits per heavy atom. The highest BCUT2D eigenvalue weighted by molar-refractivity contribution is 5.98. The van der Waals surface area contributed by atoms with Crippen molar-refractivity contribution in [2.75, 3.05) is 11.5 Å². The van der Waals surface area contributed by atoms with Gasteiger partial charge in [0.2, 0.25) is 0 Å². The van der Waals surface area contributed by atoms with Crippen molar-refractivity contribution in [1.29, 1.82) is 5.26 Å². The zero-order chi connectivity index (χ0) is 15.1. The van der Waals surface area contributed by atoms with E-state index in [1.54, 1.807) is 0 Å². The summed E-state index contributed by atoms with van der Waals surface area (Å²) in [5.74, 6) is 0. The Balaban J connectivity index is 1.89. The van der Waals surface area contributed by atoms with Gasteiger partial charge in [-0.2, -0.15) is 5.26 Å². The van der Waals surface area contributed by atoms with Gasteiger partial charge in [0.05, 0.1) is 24.3 Å². The van der Waals surface area contributed by atoms with Gasteiger partial charge in [0.15, 0.2) is 0 Å². The number of hydrogen-bond donors (Lipinski definition) is 1. The van der Waals surface area contributed by atoms with Gasteiger partial charge < -0.3 is 10.0 Å². The molecular formula is C19H18N2O. The van der Waals surface area contributed by atoms with Crippen LogP contribution < -0.4 is 4.90 Å². The molecule has 2 heterocycles. The number of nitriles is 1. The van der Waals surface area contributed by atoms with Gasteiger partial charge in [-0.3, -0.25) is 0 Å². The number of rotatable bonds is 2. The lowest BCUT2D eigenvalue weighted by Gasteiger charge is -2.37. The minimum Gasteiger partial charge on any atom is -0.392 e. The van der Waals surface area contributed by atoms with Crippen LogP contribution in [0.15, 0.2) is 48.0 Å². The van der Waals surface area contributed by atoms with Crippen molar-refractivity contribution < 1.29 is 5.11 Å². The highest BCUT2D eigenvalue weighted by Crippen LogP contribution is 2.42. The molecule has 0 amide bonds. The number of aliphatic hydroxyl groups excluding tert-OH is 1. The molecule has 4 rings (SSSR count). The number of anilines is 1. The molecule has 2 unspecified atom stereocenters. The monoisotopic (exact) mass is 290 g/mol. The van der Waals surface area contributed by atoms with Crippen molar-refractivity contribution in [3.63, 3.8) is 0 Å². The van der Waals surface area contributed by atoms with E-state index in [0.29, 0.717) is 12.1 Å². The first kappa shape index (κ1) is 13.4. The SMILES string of the molecule is N#Cc1ccc(N2C3CC=C(CO)C2CC3)c2ccccc12. The summed E-state index contributed by atoms with van der Waals surface area (Å²) in [5.41, 5.74) is 3.06. The number of benzene rings is 2. The third-order valence-electron chi connectivity index (χ3n) is 5.06. The van der Waals surface area contributed by atoms with Crippen molar-refractivity contribution in [3.8, 4) is 6.07 Å². The molecule has 2 bridgehead atoms. The first-order chi connectivity index (χ1) is 10.8. The van der Waals surface area contributed by atoms with Gasteiger partial charge in [-0.15, -0.1) is 0 Å². The van der Waals surface area contributed by atoms with Gasteiger partial charge in [-0.1, -0.05) is 30.3 Å². The van der Waals surface area contributed by atoms with Crippen LogP contribution >= 0.6 is 0 Å². The van der Waals surface area contributed by atoms with Gasteiger partial charge in [0, 0.05) is 22.5 Å². The van der Waals surface area contributed by atoms with Crippen LogP contribution in [0.3, 0.4) is 0 Å². The summed E-state index contributed by atoms with van der Waals surface area (Å²) in [7, 11) is 0. The summed E-state index contributed by atoms with van der Waals surface area (Å²) in [6.45, 7) is 0.141. The standard InChI is InChI=1S/C19H18N2O/c20-11-13-6-9-19(17-4-2-1-3-16(13)17)21-15-7-5-14(12-22)18(21)10-8-15/h1-6,9,15,18,22H,7-8,10,12H2. The highest BCUT2D eigenvalue weighted by atomic mass is 16.3. The van der Waals surface area contributed by atoms with E-state index >= 15 is 0 Å². The highest BCUT2D eigenvalue weighted by Gasteiger charge is 2.38. The molecule has 2 aromatic rings. The molecule has 0 aromatic heterocycles. The molecule has 0 aliphatic carbocycles. The lowest BCUT2D eigenvalue weighted by molar-refractivity contribution is 0.319. The van der Waals surface area contributed by atoms with E-state index in [1.807, 2.05) is 24.3 Å². The van der Waals surface area contributed by atoms with E-state index in [0.717, 1.165) is 34.8 Å². The van der Waals surface area contributed by atoms with Gasteiger partial charge in [-0.05, 0) is 37.0 Å². The van der Waals surface area contributed by atoms with E-state index in [1.165, 1.54) is 12.1 Å². The van der Waals surface area contributed by atoms with Gasteiger partial charge in [-0.25, -0.2) is 0 Å². The van der Waals surface area contributed by atoms with Crippen molar-refractivity contribution in [1.82, 2.24) is 0 Å². The molecule has 0 radical (unpaired) electrons. The minimum absolute atomic E-state index is 0.141. The Labute approximate surface area is 130 Å². The zero-order valence-electron chi connectivity index (χ0n) is 12.4. The van der Waals surface area contributed by atoms with E-state index < -0.39 is 0 Å². The normalized spacial score (nSPS) is 23.5. The number of fused-ring (bicyclic) bond motifs is 3. The molecule has 2 aliphatic rings. The summed E-state index contributed by atoms with van der Waals surface area (Å²) in [5, 5.41) is 21.1. The van der Waals surface area contributed by atoms with Gasteiger partial charge in [0.25, 0.3) is 0 Å². The molecule has 2 aromatic carbocycles. The average molecular weight is 290 g/mol. The maximum absolute atomic E-state index is 9.63. The maximum atomic E-state index is 9.63. The Kier molecular flexibility index (Phi) is 3.13. The van der Waals surface area contributed by atoms with Gasteiger partial charge >= 0.3 is 0 Å². The quantitative estimate of drug-likeness (QED) is 0.863. The second-order valence-electron chi connectivity index (χ2n) is 6.12. The Hall–Kier alpha value is -2.31. The summed E-state index contributed by atoms with van der Waals surface area (Å²) in [4.78, 5) is 2.47. The van der Waals surface area contributed by atoms with Crippen molar-refractivity contribution in [2.24, 2.45) is 0 Å². The van der Waals surface area contributed by atoms with Crippen LogP contribution in [0.25, 0.3) is 10.8 Å². The Morgan fingerprint density at radius 1 is 1.14 bits per heavy atom. The predicted molar refractivity (Wildman–Crippen MR) is 87.7 cm³/mol. The largest absolute Gasteiger partial charge is 0.392 e. The Bertz CT molecular complexity index is 803. The van der Waals surface area contributed by atoms with E-state index in [-0.39, 0.29) is 6.61 Å². The Morgan fingerprint density at radius 3 is 2.73 bits per heavy atom. The smallest absolute Gasteiger partial charge is 0.0998 e. The molecule has 2 aliphatic heterocycles. The molecule has 3 heteroatoms. The molecule has 2 atom stereocenters. The summed E-state index contributed by atoms with van der Waals surface area (Å²) in [6, 6.07) is 15.2. The molecule has 1 saturated heterocycles. The molecular weight excluding hydrogens is 272 g/mol. The van der Waals surface area contributed by atoms with Crippen LogP contribution in [0, 0.1) is 11.3 Å². The van der Waals surface area contributed by atoms with Crippen LogP contribution in [-0.4, -0.2) is 23.8 Å². The lowest BCUT2D eigenvalue weighted by Crippen LogP contribution is -2.40. The van der Waals surface area contributed by atoms with Crippen LogP contribution in [-0.2, 0) is 0 Å². The first-order valence-electron chi connectivity index (χ1n) is 7.83. The number of nitrogens with zero attached hydrogens (tertiary/aromatic N) is 2. The zero-order valence-corrected chi connectivity index (χ0v) is 12.4. The van der Waals surface area contributed by atoms with Crippen LogP contribution in [0.1, 0.15) is 24.8 Å². The number of hydrogen-bond acceptors (Lipinski definition) is 3. The van der Waals surface area contributed by atoms with Crippen LogP contribution in [0.5, 0.6) is 0 Å². The van der Waals surface area contributed by atoms with Crippen LogP contribution in [0.4, 0.5) is 5.69 Å².